The Morgan fingerprint density at radius 3 is 2.67 bits per heavy atom. The number of carbonyl (C=O) groups is 1. The van der Waals surface area contributed by atoms with Crippen molar-refractivity contribution in [3.05, 3.63) is 59.3 Å². The van der Waals surface area contributed by atoms with Gasteiger partial charge < -0.3 is 10.5 Å². The molecule has 0 fully saturated rings. The first kappa shape index (κ1) is 12.1. The summed E-state index contributed by atoms with van der Waals surface area (Å²) >= 11 is 0. The summed E-state index contributed by atoms with van der Waals surface area (Å²) in [7, 11) is 1.33. The number of hydrogen-bond donors (Lipinski definition) is 1. The molecule has 0 unspecified atom stereocenters. The number of methoxy groups -OCH3 is 1. The second kappa shape index (κ2) is 5.31. The van der Waals surface area contributed by atoms with E-state index in [1.165, 1.54) is 7.11 Å². The molecule has 4 nitrogen and oxygen atoms in total. The maximum Gasteiger partial charge on any atom is 0.341 e. The SMILES string of the molecule is COC(=O)c1cc(Cc2ccccc2)cnc1N. The molecule has 2 aromatic rings. The molecule has 92 valence electrons. The Labute approximate surface area is 105 Å². The van der Waals surface area contributed by atoms with Crippen molar-refractivity contribution >= 4 is 11.8 Å². The Kier molecular flexibility index (Phi) is 3.57. The number of ether oxygens (including phenoxy) is 1. The molecule has 1 aromatic carbocycles. The third-order valence-electron chi connectivity index (χ3n) is 2.63. The number of nitrogens with two attached hydrogens (primary N) is 1. The first-order valence-corrected chi connectivity index (χ1v) is 5.57. The van der Waals surface area contributed by atoms with Crippen LogP contribution in [-0.4, -0.2) is 18.1 Å². The number of benzene rings is 1. The van der Waals surface area contributed by atoms with Gasteiger partial charge >= 0.3 is 5.97 Å². The third-order valence-corrected chi connectivity index (χ3v) is 2.63. The van der Waals surface area contributed by atoms with Gasteiger partial charge in [-0.25, -0.2) is 9.78 Å². The van der Waals surface area contributed by atoms with Gasteiger partial charge in [-0.1, -0.05) is 30.3 Å². The van der Waals surface area contributed by atoms with E-state index in [0.717, 1.165) is 11.1 Å². The van der Waals surface area contributed by atoms with Crippen LogP contribution in [0.1, 0.15) is 21.5 Å². The monoisotopic (exact) mass is 242 g/mol. The van der Waals surface area contributed by atoms with Gasteiger partial charge in [0.05, 0.1) is 7.11 Å². The second-order valence-electron chi connectivity index (χ2n) is 3.93. The van der Waals surface area contributed by atoms with Crippen LogP contribution in [0, 0.1) is 0 Å². The van der Waals surface area contributed by atoms with Crippen molar-refractivity contribution < 1.29 is 9.53 Å². The van der Waals surface area contributed by atoms with Crippen molar-refractivity contribution in [3.63, 3.8) is 0 Å². The van der Waals surface area contributed by atoms with Crippen LogP contribution in [-0.2, 0) is 11.2 Å². The highest BCUT2D eigenvalue weighted by Gasteiger charge is 2.12. The van der Waals surface area contributed by atoms with Crippen LogP contribution < -0.4 is 5.73 Å². The largest absolute Gasteiger partial charge is 0.465 e. The van der Waals surface area contributed by atoms with Gasteiger partial charge in [-0.2, -0.15) is 0 Å². The first-order valence-electron chi connectivity index (χ1n) is 5.57. The lowest BCUT2D eigenvalue weighted by atomic mass is 10.1. The van der Waals surface area contributed by atoms with Gasteiger partial charge in [0, 0.05) is 6.20 Å². The molecule has 0 amide bonds. The van der Waals surface area contributed by atoms with Crippen LogP contribution in [0.5, 0.6) is 0 Å². The minimum absolute atomic E-state index is 0.193. The fraction of sp³-hybridized carbons (Fsp3) is 0.143. The van der Waals surface area contributed by atoms with Crippen LogP contribution >= 0.6 is 0 Å². The van der Waals surface area contributed by atoms with Crippen LogP contribution in [0.15, 0.2) is 42.6 Å². The minimum atomic E-state index is -0.463. The number of hydrogen-bond acceptors (Lipinski definition) is 4. The van der Waals surface area contributed by atoms with E-state index in [1.807, 2.05) is 30.3 Å². The highest BCUT2D eigenvalue weighted by atomic mass is 16.5. The van der Waals surface area contributed by atoms with Crippen molar-refractivity contribution in [2.24, 2.45) is 0 Å². The third kappa shape index (κ3) is 2.66. The number of rotatable bonds is 3. The smallest absolute Gasteiger partial charge is 0.341 e. The Hall–Kier alpha value is -2.36. The number of anilines is 1. The van der Waals surface area contributed by atoms with E-state index in [-0.39, 0.29) is 5.82 Å². The summed E-state index contributed by atoms with van der Waals surface area (Å²) in [5, 5.41) is 0. The van der Waals surface area contributed by atoms with E-state index in [4.69, 9.17) is 5.73 Å². The van der Waals surface area contributed by atoms with E-state index in [9.17, 15) is 4.79 Å². The molecule has 18 heavy (non-hydrogen) atoms. The molecule has 0 aliphatic carbocycles. The van der Waals surface area contributed by atoms with Gasteiger partial charge in [0.15, 0.2) is 0 Å². The summed E-state index contributed by atoms with van der Waals surface area (Å²) in [6.07, 6.45) is 2.38. The molecule has 1 heterocycles. The molecular formula is C14H14N2O2. The van der Waals surface area contributed by atoms with E-state index in [1.54, 1.807) is 12.3 Å². The molecule has 0 aliphatic heterocycles. The molecule has 0 radical (unpaired) electrons. The zero-order valence-electron chi connectivity index (χ0n) is 10.1. The number of carbonyl (C=O) groups excluding carboxylic acids is 1. The van der Waals surface area contributed by atoms with Gasteiger partial charge in [0.25, 0.3) is 0 Å². The number of aromatic nitrogens is 1. The molecule has 0 bridgehead atoms. The zero-order valence-corrected chi connectivity index (χ0v) is 10.1. The van der Waals surface area contributed by atoms with Gasteiger partial charge in [0.1, 0.15) is 11.4 Å². The van der Waals surface area contributed by atoms with Crippen molar-refractivity contribution in [2.75, 3.05) is 12.8 Å². The van der Waals surface area contributed by atoms with Crippen molar-refractivity contribution in [3.8, 4) is 0 Å². The number of pyridine rings is 1. The van der Waals surface area contributed by atoms with Crippen LogP contribution in [0.25, 0.3) is 0 Å². The molecule has 2 rings (SSSR count). The van der Waals surface area contributed by atoms with Crippen LogP contribution in [0.3, 0.4) is 0 Å². The predicted octanol–water partition coefficient (Wildman–Crippen LogP) is 2.04. The summed E-state index contributed by atoms with van der Waals surface area (Å²) in [4.78, 5) is 15.5. The quantitative estimate of drug-likeness (QED) is 0.836. The Morgan fingerprint density at radius 2 is 2.00 bits per heavy atom. The Balaban J connectivity index is 2.27. The average Bonchev–Trinajstić information content (AvgIpc) is 2.41. The van der Waals surface area contributed by atoms with Crippen molar-refractivity contribution in [1.29, 1.82) is 0 Å². The fourth-order valence-corrected chi connectivity index (χ4v) is 1.72. The van der Waals surface area contributed by atoms with Crippen LogP contribution in [0.2, 0.25) is 0 Å². The normalized spacial score (nSPS) is 10.1. The van der Waals surface area contributed by atoms with Gasteiger partial charge in [-0.3, -0.25) is 0 Å². The fourth-order valence-electron chi connectivity index (χ4n) is 1.72. The van der Waals surface area contributed by atoms with E-state index >= 15 is 0 Å². The Bertz CT molecular complexity index is 553. The molecule has 1 aromatic heterocycles. The molecule has 0 spiro atoms. The molecular weight excluding hydrogens is 228 g/mol. The van der Waals surface area contributed by atoms with Crippen molar-refractivity contribution in [2.45, 2.75) is 6.42 Å². The van der Waals surface area contributed by atoms with Gasteiger partial charge in [-0.15, -0.1) is 0 Å². The van der Waals surface area contributed by atoms with Gasteiger partial charge in [0.2, 0.25) is 0 Å². The summed E-state index contributed by atoms with van der Waals surface area (Å²) in [6.45, 7) is 0. The standard InChI is InChI=1S/C14H14N2O2/c1-18-14(17)12-8-11(9-16-13(12)15)7-10-5-3-2-4-6-10/h2-6,8-9H,7H2,1H3,(H2,15,16). The number of nitrogens with zero attached hydrogens (tertiary/aromatic N) is 1. The highest BCUT2D eigenvalue weighted by Crippen LogP contribution is 2.15. The second-order valence-corrected chi connectivity index (χ2v) is 3.93. The van der Waals surface area contributed by atoms with Gasteiger partial charge in [-0.05, 0) is 23.6 Å². The predicted molar refractivity (Wildman–Crippen MR) is 69.2 cm³/mol. The minimum Gasteiger partial charge on any atom is -0.465 e. The van der Waals surface area contributed by atoms with Crippen molar-refractivity contribution in [1.82, 2.24) is 4.98 Å². The lowest BCUT2D eigenvalue weighted by molar-refractivity contribution is 0.0601. The molecule has 0 aliphatic rings. The maximum atomic E-state index is 11.5. The van der Waals surface area contributed by atoms with E-state index in [0.29, 0.717) is 12.0 Å². The topological polar surface area (TPSA) is 65.2 Å². The highest BCUT2D eigenvalue weighted by molar-refractivity contribution is 5.94. The molecule has 0 atom stereocenters. The zero-order chi connectivity index (χ0) is 13.0. The molecule has 4 heteroatoms. The number of esters is 1. The summed E-state index contributed by atoms with van der Waals surface area (Å²) < 4.78 is 4.66. The van der Waals surface area contributed by atoms with Crippen LogP contribution in [0.4, 0.5) is 5.82 Å². The maximum absolute atomic E-state index is 11.5. The Morgan fingerprint density at radius 1 is 1.28 bits per heavy atom. The lowest BCUT2D eigenvalue weighted by Gasteiger charge is -2.06. The molecule has 0 saturated heterocycles. The lowest BCUT2D eigenvalue weighted by Crippen LogP contribution is -2.08. The summed E-state index contributed by atoms with van der Waals surface area (Å²) in [5.74, 6) is -0.270. The summed E-state index contributed by atoms with van der Waals surface area (Å²) in [6, 6.07) is 11.7. The van der Waals surface area contributed by atoms with E-state index < -0.39 is 5.97 Å². The number of nitrogen functional groups attached to an aromatic ring is 1. The summed E-state index contributed by atoms with van der Waals surface area (Å²) in [5.41, 5.74) is 8.04. The van der Waals surface area contributed by atoms with E-state index in [2.05, 4.69) is 9.72 Å². The average molecular weight is 242 g/mol. The molecule has 2 N–H and O–H groups in total. The molecule has 0 saturated carbocycles. The first-order chi connectivity index (χ1) is 8.70.